The highest BCUT2D eigenvalue weighted by atomic mass is 15.1. The summed E-state index contributed by atoms with van der Waals surface area (Å²) in [7, 11) is 4.55. The van der Waals surface area contributed by atoms with Crippen molar-refractivity contribution in [1.82, 2.24) is 10.2 Å². The molecule has 2 rings (SSSR count). The second-order valence-electron chi connectivity index (χ2n) is 5.91. The van der Waals surface area contributed by atoms with Crippen LogP contribution >= 0.6 is 0 Å². The van der Waals surface area contributed by atoms with Crippen LogP contribution in [0.5, 0.6) is 0 Å². The van der Waals surface area contributed by atoms with Gasteiger partial charge in [-0.3, -0.25) is 0 Å². The van der Waals surface area contributed by atoms with Gasteiger partial charge in [0.15, 0.2) is 0 Å². The van der Waals surface area contributed by atoms with Gasteiger partial charge in [-0.1, -0.05) is 25.7 Å². The van der Waals surface area contributed by atoms with Gasteiger partial charge in [-0.05, 0) is 52.2 Å². The Labute approximate surface area is 101 Å². The Balaban J connectivity index is 1.96. The molecule has 1 heterocycles. The van der Waals surface area contributed by atoms with E-state index >= 15 is 0 Å². The van der Waals surface area contributed by atoms with E-state index in [0.717, 1.165) is 18.0 Å². The van der Waals surface area contributed by atoms with Crippen LogP contribution in [-0.2, 0) is 0 Å². The third kappa shape index (κ3) is 2.98. The zero-order valence-electron chi connectivity index (χ0n) is 11.0. The third-order valence-electron chi connectivity index (χ3n) is 4.49. The number of hydrogen-bond donors (Lipinski definition) is 1. The van der Waals surface area contributed by atoms with Gasteiger partial charge in [-0.2, -0.15) is 0 Å². The van der Waals surface area contributed by atoms with Gasteiger partial charge in [0.25, 0.3) is 0 Å². The molecule has 0 aromatic rings. The normalized spacial score (nSPS) is 30.6. The predicted octanol–water partition coefficient (Wildman–Crippen LogP) is 2.64. The zero-order chi connectivity index (χ0) is 11.4. The summed E-state index contributed by atoms with van der Waals surface area (Å²) in [6.45, 7) is 1.24. The molecule has 1 saturated heterocycles. The van der Waals surface area contributed by atoms with E-state index < -0.39 is 0 Å². The quantitative estimate of drug-likeness (QED) is 0.793. The molecule has 0 aromatic carbocycles. The SMILES string of the molecule is CN(C)C(C1CCCCC1)C1CCCCN1. The van der Waals surface area contributed by atoms with Crippen LogP contribution in [-0.4, -0.2) is 37.6 Å². The molecule has 1 aliphatic carbocycles. The van der Waals surface area contributed by atoms with Crippen molar-refractivity contribution in [3.63, 3.8) is 0 Å². The molecule has 0 amide bonds. The van der Waals surface area contributed by atoms with E-state index in [4.69, 9.17) is 0 Å². The van der Waals surface area contributed by atoms with Crippen molar-refractivity contribution in [3.8, 4) is 0 Å². The van der Waals surface area contributed by atoms with E-state index in [2.05, 4.69) is 24.3 Å². The summed E-state index contributed by atoms with van der Waals surface area (Å²) in [5.74, 6) is 0.944. The molecule has 2 fully saturated rings. The van der Waals surface area contributed by atoms with E-state index in [9.17, 15) is 0 Å². The first kappa shape index (κ1) is 12.4. The molecule has 0 bridgehead atoms. The maximum atomic E-state index is 3.76. The van der Waals surface area contributed by atoms with Crippen molar-refractivity contribution in [2.75, 3.05) is 20.6 Å². The van der Waals surface area contributed by atoms with Crippen molar-refractivity contribution >= 4 is 0 Å². The highest BCUT2D eigenvalue weighted by Crippen LogP contribution is 2.31. The Morgan fingerprint density at radius 3 is 2.19 bits per heavy atom. The van der Waals surface area contributed by atoms with E-state index in [1.54, 1.807) is 0 Å². The van der Waals surface area contributed by atoms with Crippen LogP contribution < -0.4 is 5.32 Å². The molecule has 94 valence electrons. The molecule has 0 aromatic heterocycles. The molecule has 1 N–H and O–H groups in total. The van der Waals surface area contributed by atoms with E-state index in [1.807, 2.05) is 0 Å². The summed E-state index contributed by atoms with van der Waals surface area (Å²) in [4.78, 5) is 2.49. The summed E-state index contributed by atoms with van der Waals surface area (Å²) in [6.07, 6.45) is 11.5. The lowest BCUT2D eigenvalue weighted by Crippen LogP contribution is -2.53. The van der Waals surface area contributed by atoms with Gasteiger partial charge in [0.2, 0.25) is 0 Å². The number of rotatable bonds is 3. The first-order valence-corrected chi connectivity index (χ1v) is 7.19. The molecule has 0 radical (unpaired) electrons. The van der Waals surface area contributed by atoms with Gasteiger partial charge >= 0.3 is 0 Å². The highest BCUT2D eigenvalue weighted by molar-refractivity contribution is 4.90. The van der Waals surface area contributed by atoms with Gasteiger partial charge < -0.3 is 10.2 Å². The van der Waals surface area contributed by atoms with Crippen molar-refractivity contribution < 1.29 is 0 Å². The first-order chi connectivity index (χ1) is 7.79. The second-order valence-corrected chi connectivity index (χ2v) is 5.91. The van der Waals surface area contributed by atoms with Crippen LogP contribution in [0.25, 0.3) is 0 Å². The van der Waals surface area contributed by atoms with Gasteiger partial charge in [0, 0.05) is 12.1 Å². The topological polar surface area (TPSA) is 15.3 Å². The number of likely N-dealkylation sites (N-methyl/N-ethyl adjacent to an activating group) is 1. The summed E-state index contributed by atoms with van der Waals surface area (Å²) in [5.41, 5.74) is 0. The van der Waals surface area contributed by atoms with Gasteiger partial charge in [-0.25, -0.2) is 0 Å². The lowest BCUT2D eigenvalue weighted by Gasteiger charge is -2.42. The van der Waals surface area contributed by atoms with E-state index in [0.29, 0.717) is 0 Å². The maximum Gasteiger partial charge on any atom is 0.0271 e. The molecule has 0 spiro atoms. The fourth-order valence-electron chi connectivity index (χ4n) is 3.76. The monoisotopic (exact) mass is 224 g/mol. The Morgan fingerprint density at radius 2 is 1.62 bits per heavy atom. The van der Waals surface area contributed by atoms with Gasteiger partial charge in [0.1, 0.15) is 0 Å². The third-order valence-corrected chi connectivity index (χ3v) is 4.49. The van der Waals surface area contributed by atoms with Crippen molar-refractivity contribution in [1.29, 1.82) is 0 Å². The average molecular weight is 224 g/mol. The zero-order valence-corrected chi connectivity index (χ0v) is 11.0. The highest BCUT2D eigenvalue weighted by Gasteiger charge is 2.32. The number of nitrogens with one attached hydrogen (secondary N) is 1. The molecule has 1 aliphatic heterocycles. The standard InChI is InChI=1S/C14H28N2/c1-16(2)14(12-8-4-3-5-9-12)13-10-6-7-11-15-13/h12-15H,3-11H2,1-2H3. The summed E-state index contributed by atoms with van der Waals surface area (Å²) in [5, 5.41) is 3.76. The summed E-state index contributed by atoms with van der Waals surface area (Å²) in [6, 6.07) is 1.53. The van der Waals surface area contributed by atoms with Crippen molar-refractivity contribution in [2.24, 2.45) is 5.92 Å². The van der Waals surface area contributed by atoms with Crippen LogP contribution in [0, 0.1) is 5.92 Å². The predicted molar refractivity (Wildman–Crippen MR) is 69.7 cm³/mol. The minimum absolute atomic E-state index is 0.756. The van der Waals surface area contributed by atoms with Crippen LogP contribution in [0.1, 0.15) is 51.4 Å². The molecule has 16 heavy (non-hydrogen) atoms. The minimum Gasteiger partial charge on any atom is -0.312 e. The lowest BCUT2D eigenvalue weighted by atomic mass is 9.78. The summed E-state index contributed by atoms with van der Waals surface area (Å²) >= 11 is 0. The van der Waals surface area contributed by atoms with Crippen LogP contribution in [0.2, 0.25) is 0 Å². The fraction of sp³-hybridized carbons (Fsp3) is 1.00. The molecule has 2 unspecified atom stereocenters. The Kier molecular flexibility index (Phi) is 4.66. The second kappa shape index (κ2) is 6.02. The minimum atomic E-state index is 0.756. The van der Waals surface area contributed by atoms with E-state index in [-0.39, 0.29) is 0 Å². The lowest BCUT2D eigenvalue weighted by molar-refractivity contribution is 0.116. The maximum absolute atomic E-state index is 3.76. The Hall–Kier alpha value is -0.0800. The molecule has 2 heteroatoms. The molecule has 2 atom stereocenters. The van der Waals surface area contributed by atoms with E-state index in [1.165, 1.54) is 57.9 Å². The molecule has 2 nitrogen and oxygen atoms in total. The first-order valence-electron chi connectivity index (χ1n) is 7.19. The molecule has 1 saturated carbocycles. The summed E-state index contributed by atoms with van der Waals surface area (Å²) < 4.78 is 0. The number of hydrogen-bond acceptors (Lipinski definition) is 2. The molecular formula is C14H28N2. The largest absolute Gasteiger partial charge is 0.312 e. The number of nitrogens with zero attached hydrogens (tertiary/aromatic N) is 1. The van der Waals surface area contributed by atoms with Crippen molar-refractivity contribution in [3.05, 3.63) is 0 Å². The molecule has 2 aliphatic rings. The smallest absolute Gasteiger partial charge is 0.0271 e. The van der Waals surface area contributed by atoms with Gasteiger partial charge in [0.05, 0.1) is 0 Å². The fourth-order valence-corrected chi connectivity index (χ4v) is 3.76. The molecular weight excluding hydrogens is 196 g/mol. The Morgan fingerprint density at radius 1 is 0.938 bits per heavy atom. The Bertz CT molecular complexity index is 173. The van der Waals surface area contributed by atoms with Gasteiger partial charge in [-0.15, -0.1) is 0 Å². The van der Waals surface area contributed by atoms with Crippen LogP contribution in [0.4, 0.5) is 0 Å². The van der Waals surface area contributed by atoms with Crippen molar-refractivity contribution in [2.45, 2.75) is 63.5 Å². The average Bonchev–Trinajstić information content (AvgIpc) is 2.31. The van der Waals surface area contributed by atoms with Crippen LogP contribution in [0.15, 0.2) is 0 Å². The van der Waals surface area contributed by atoms with Crippen LogP contribution in [0.3, 0.4) is 0 Å². The number of piperidine rings is 1.